The number of hydrogen-bond donors (Lipinski definition) is 1. The maximum atomic E-state index is 5.61. The van der Waals surface area contributed by atoms with Gasteiger partial charge in [0.25, 0.3) is 5.89 Å². The Morgan fingerprint density at radius 2 is 1.90 bits per heavy atom. The van der Waals surface area contributed by atoms with Crippen molar-refractivity contribution in [1.82, 2.24) is 15.1 Å². The molecule has 0 fully saturated rings. The highest BCUT2D eigenvalue weighted by atomic mass is 32.1. The van der Waals surface area contributed by atoms with E-state index in [4.69, 9.17) is 10.3 Å². The van der Waals surface area contributed by atoms with Crippen molar-refractivity contribution in [3.05, 3.63) is 51.9 Å². The van der Waals surface area contributed by atoms with Gasteiger partial charge in [0, 0.05) is 13.0 Å². The van der Waals surface area contributed by atoms with Crippen LogP contribution in [-0.2, 0) is 13.0 Å². The van der Waals surface area contributed by atoms with Gasteiger partial charge in [-0.15, -0.1) is 11.3 Å². The monoisotopic (exact) mass is 300 g/mol. The van der Waals surface area contributed by atoms with Crippen molar-refractivity contribution in [2.24, 2.45) is 5.73 Å². The molecular formula is C15H16N4OS. The van der Waals surface area contributed by atoms with Crippen LogP contribution >= 0.6 is 11.3 Å². The van der Waals surface area contributed by atoms with Crippen LogP contribution < -0.4 is 5.73 Å². The maximum Gasteiger partial charge on any atom is 0.269 e. The van der Waals surface area contributed by atoms with E-state index in [9.17, 15) is 0 Å². The van der Waals surface area contributed by atoms with Crippen molar-refractivity contribution < 1.29 is 4.52 Å². The van der Waals surface area contributed by atoms with Crippen LogP contribution in [0.25, 0.3) is 10.8 Å². The van der Waals surface area contributed by atoms with Crippen molar-refractivity contribution in [3.8, 4) is 10.8 Å². The van der Waals surface area contributed by atoms with Crippen molar-refractivity contribution in [2.45, 2.75) is 26.8 Å². The normalized spacial score (nSPS) is 11.0. The number of hydrogen-bond acceptors (Lipinski definition) is 6. The first-order valence-corrected chi connectivity index (χ1v) is 7.52. The van der Waals surface area contributed by atoms with E-state index in [0.717, 1.165) is 21.1 Å². The molecule has 5 nitrogen and oxygen atoms in total. The van der Waals surface area contributed by atoms with Crippen LogP contribution in [0.5, 0.6) is 0 Å². The topological polar surface area (TPSA) is 77.8 Å². The quantitative estimate of drug-likeness (QED) is 0.801. The van der Waals surface area contributed by atoms with Crippen LogP contribution in [0.1, 0.15) is 27.7 Å². The predicted molar refractivity (Wildman–Crippen MR) is 82.0 cm³/mol. The molecule has 0 aliphatic rings. The third-order valence-corrected chi connectivity index (χ3v) is 4.33. The Morgan fingerprint density at radius 3 is 2.57 bits per heavy atom. The molecule has 0 aliphatic carbocycles. The molecule has 0 amide bonds. The number of rotatable bonds is 4. The molecule has 1 aromatic carbocycles. The van der Waals surface area contributed by atoms with Gasteiger partial charge >= 0.3 is 0 Å². The molecule has 3 aromatic rings. The second kappa shape index (κ2) is 5.75. The van der Waals surface area contributed by atoms with Crippen LogP contribution in [-0.4, -0.2) is 15.1 Å². The molecule has 0 bridgehead atoms. The molecule has 0 unspecified atom stereocenters. The zero-order valence-electron chi connectivity index (χ0n) is 12.0. The minimum Gasteiger partial charge on any atom is -0.333 e. The summed E-state index contributed by atoms with van der Waals surface area (Å²) < 4.78 is 5.35. The predicted octanol–water partition coefficient (Wildman–Crippen LogP) is 2.86. The van der Waals surface area contributed by atoms with Crippen molar-refractivity contribution in [2.75, 3.05) is 0 Å². The number of nitrogens with two attached hydrogens (primary N) is 1. The number of aromatic nitrogens is 3. The molecule has 21 heavy (non-hydrogen) atoms. The minimum absolute atomic E-state index is 0.426. The number of benzene rings is 1. The molecule has 0 aliphatic heterocycles. The fourth-order valence-electron chi connectivity index (χ4n) is 2.04. The summed E-state index contributed by atoms with van der Waals surface area (Å²) in [5.74, 6) is 1.20. The van der Waals surface area contributed by atoms with Gasteiger partial charge in [0.05, 0.1) is 5.69 Å². The molecule has 2 N–H and O–H groups in total. The van der Waals surface area contributed by atoms with Gasteiger partial charge in [-0.05, 0) is 19.4 Å². The van der Waals surface area contributed by atoms with Gasteiger partial charge in [-0.2, -0.15) is 4.98 Å². The van der Waals surface area contributed by atoms with Crippen LogP contribution in [0.3, 0.4) is 0 Å². The average Bonchev–Trinajstić information content (AvgIpc) is 3.07. The third-order valence-electron chi connectivity index (χ3n) is 3.16. The van der Waals surface area contributed by atoms with E-state index in [2.05, 4.69) is 46.3 Å². The van der Waals surface area contributed by atoms with E-state index in [1.165, 1.54) is 16.9 Å². The number of nitrogens with zero attached hydrogens (tertiary/aromatic N) is 3. The largest absolute Gasteiger partial charge is 0.333 e. The lowest BCUT2D eigenvalue weighted by Crippen LogP contribution is -1.94. The molecule has 0 atom stereocenters. The molecule has 3 rings (SSSR count). The summed E-state index contributed by atoms with van der Waals surface area (Å²) in [6, 6.07) is 8.32. The summed E-state index contributed by atoms with van der Waals surface area (Å²) in [6.07, 6.45) is 0.658. The van der Waals surface area contributed by atoms with E-state index in [1.54, 1.807) is 0 Å². The van der Waals surface area contributed by atoms with E-state index in [0.29, 0.717) is 24.7 Å². The van der Waals surface area contributed by atoms with Crippen LogP contribution in [0.4, 0.5) is 0 Å². The fourth-order valence-corrected chi connectivity index (χ4v) is 2.91. The first-order chi connectivity index (χ1) is 10.2. The summed E-state index contributed by atoms with van der Waals surface area (Å²) in [4.78, 5) is 9.73. The van der Waals surface area contributed by atoms with E-state index < -0.39 is 0 Å². The van der Waals surface area contributed by atoms with E-state index in [-0.39, 0.29) is 0 Å². The Balaban J connectivity index is 1.82. The number of aryl methyl sites for hydroxylation is 2. The van der Waals surface area contributed by atoms with E-state index in [1.807, 2.05) is 6.92 Å². The van der Waals surface area contributed by atoms with Crippen molar-refractivity contribution in [3.63, 3.8) is 0 Å². The molecule has 2 aromatic heterocycles. The number of thiazole rings is 1. The van der Waals surface area contributed by atoms with Gasteiger partial charge in [-0.3, -0.25) is 0 Å². The van der Waals surface area contributed by atoms with E-state index >= 15 is 0 Å². The average molecular weight is 300 g/mol. The Bertz CT molecular complexity index is 745. The fraction of sp³-hybridized carbons (Fsp3) is 0.267. The molecule has 6 heteroatoms. The highest BCUT2D eigenvalue weighted by Crippen LogP contribution is 2.28. The van der Waals surface area contributed by atoms with Crippen LogP contribution in [0.15, 0.2) is 28.8 Å². The molecule has 108 valence electrons. The summed E-state index contributed by atoms with van der Waals surface area (Å²) >= 11 is 1.50. The van der Waals surface area contributed by atoms with Gasteiger partial charge in [0.1, 0.15) is 9.88 Å². The lowest BCUT2D eigenvalue weighted by Gasteiger charge is -1.97. The summed E-state index contributed by atoms with van der Waals surface area (Å²) in [7, 11) is 0. The molecule has 2 heterocycles. The van der Waals surface area contributed by atoms with Crippen LogP contribution in [0, 0.1) is 13.8 Å². The Morgan fingerprint density at radius 1 is 1.14 bits per heavy atom. The first-order valence-electron chi connectivity index (χ1n) is 6.70. The van der Waals surface area contributed by atoms with Gasteiger partial charge in [0.2, 0.25) is 0 Å². The van der Waals surface area contributed by atoms with Crippen LogP contribution in [0.2, 0.25) is 0 Å². The Hall–Kier alpha value is -2.05. The molecular weight excluding hydrogens is 284 g/mol. The summed E-state index contributed by atoms with van der Waals surface area (Å²) in [5.41, 5.74) is 8.89. The third kappa shape index (κ3) is 3.01. The molecule has 0 saturated heterocycles. The smallest absolute Gasteiger partial charge is 0.269 e. The van der Waals surface area contributed by atoms with Gasteiger partial charge in [0.15, 0.2) is 5.82 Å². The molecule has 0 radical (unpaired) electrons. The highest BCUT2D eigenvalue weighted by Gasteiger charge is 2.16. The maximum absolute atomic E-state index is 5.61. The van der Waals surface area contributed by atoms with Crippen molar-refractivity contribution >= 4 is 11.3 Å². The standard InChI is InChI=1S/C15H16N4OS/c1-9-3-5-11(6-4-9)7-12-18-15(20-19-12)14-10(2)17-13(8-16)21-14/h3-6H,7-8,16H2,1-2H3. The molecule has 0 spiro atoms. The zero-order chi connectivity index (χ0) is 14.8. The SMILES string of the molecule is Cc1ccc(Cc2noc(-c3sc(CN)nc3C)n2)cc1. The Kier molecular flexibility index (Phi) is 3.81. The lowest BCUT2D eigenvalue weighted by atomic mass is 10.1. The summed E-state index contributed by atoms with van der Waals surface area (Å²) in [6.45, 7) is 4.42. The lowest BCUT2D eigenvalue weighted by molar-refractivity contribution is 0.424. The van der Waals surface area contributed by atoms with Crippen molar-refractivity contribution in [1.29, 1.82) is 0 Å². The first kappa shape index (κ1) is 13.9. The van der Waals surface area contributed by atoms with Gasteiger partial charge in [-0.1, -0.05) is 35.0 Å². The minimum atomic E-state index is 0.426. The zero-order valence-corrected chi connectivity index (χ0v) is 12.8. The summed E-state index contributed by atoms with van der Waals surface area (Å²) in [5, 5.41) is 4.92. The van der Waals surface area contributed by atoms with Gasteiger partial charge < -0.3 is 10.3 Å². The van der Waals surface area contributed by atoms with Gasteiger partial charge in [-0.25, -0.2) is 4.98 Å². The highest BCUT2D eigenvalue weighted by molar-refractivity contribution is 7.15. The second-order valence-corrected chi connectivity index (χ2v) is 5.99. The second-order valence-electron chi connectivity index (χ2n) is 4.90. The molecule has 0 saturated carbocycles. The Labute approximate surface area is 126 Å².